The van der Waals surface area contributed by atoms with Gasteiger partial charge in [0.15, 0.2) is 0 Å². The van der Waals surface area contributed by atoms with Gasteiger partial charge in [0.2, 0.25) is 5.91 Å². The zero-order valence-corrected chi connectivity index (χ0v) is 12.4. The van der Waals surface area contributed by atoms with E-state index in [2.05, 4.69) is 11.4 Å². The first kappa shape index (κ1) is 14.3. The highest BCUT2D eigenvalue weighted by Gasteiger charge is 2.15. The zero-order chi connectivity index (χ0) is 15.5. The maximum Gasteiger partial charge on any atom is 0.245 e. The highest BCUT2D eigenvalue weighted by molar-refractivity contribution is 7.19. The van der Waals surface area contributed by atoms with Crippen LogP contribution < -0.4 is 11.1 Å². The highest BCUT2D eigenvalue weighted by atomic mass is 32.1. The van der Waals surface area contributed by atoms with Gasteiger partial charge < -0.3 is 11.1 Å². The highest BCUT2D eigenvalue weighted by Crippen LogP contribution is 2.28. The normalized spacial score (nSPS) is 11.8. The number of hydrogen-bond acceptors (Lipinski definition) is 4. The number of anilines is 1. The molecule has 0 saturated heterocycles. The molecule has 0 aliphatic carbocycles. The number of hydrogen-bond donors (Lipinski definition) is 2. The van der Waals surface area contributed by atoms with E-state index in [1.54, 1.807) is 0 Å². The molecule has 2 aromatic carbocycles. The molecular weight excluding hydrogens is 294 g/mol. The van der Waals surface area contributed by atoms with Crippen molar-refractivity contribution in [2.24, 2.45) is 5.73 Å². The van der Waals surface area contributed by atoms with Gasteiger partial charge in [-0.1, -0.05) is 36.4 Å². The van der Waals surface area contributed by atoms with E-state index < -0.39 is 6.04 Å². The van der Waals surface area contributed by atoms with Crippen LogP contribution in [0.1, 0.15) is 16.5 Å². The van der Waals surface area contributed by atoms with E-state index in [0.29, 0.717) is 10.6 Å². The van der Waals surface area contributed by atoms with Crippen molar-refractivity contribution in [1.29, 1.82) is 5.26 Å². The first-order chi connectivity index (χ1) is 10.7. The van der Waals surface area contributed by atoms with Gasteiger partial charge in [-0.2, -0.15) is 5.26 Å². The molecule has 1 amide bonds. The molecule has 4 nitrogen and oxygen atoms in total. The third-order valence-corrected chi connectivity index (χ3v) is 4.34. The van der Waals surface area contributed by atoms with E-state index in [-0.39, 0.29) is 5.91 Å². The minimum atomic E-state index is -0.713. The SMILES string of the molecule is N#Cc1cc2ccc(NC(=O)[C@H](N)c3ccccc3)cc2s1. The zero-order valence-electron chi connectivity index (χ0n) is 11.6. The quantitative estimate of drug-likeness (QED) is 0.778. The van der Waals surface area contributed by atoms with E-state index >= 15 is 0 Å². The van der Waals surface area contributed by atoms with Crippen molar-refractivity contribution in [1.82, 2.24) is 0 Å². The molecule has 3 N–H and O–H groups in total. The Morgan fingerprint density at radius 3 is 2.68 bits per heavy atom. The molecule has 3 aromatic rings. The number of nitrogens with one attached hydrogen (secondary N) is 1. The molecule has 3 rings (SSSR count). The third kappa shape index (κ3) is 2.84. The van der Waals surface area contributed by atoms with Crippen LogP contribution in [0, 0.1) is 11.3 Å². The molecule has 1 aromatic heterocycles. The van der Waals surface area contributed by atoms with E-state index in [1.807, 2.05) is 54.6 Å². The van der Waals surface area contributed by atoms with Crippen LogP contribution in [0.15, 0.2) is 54.6 Å². The molecule has 1 heterocycles. The molecule has 0 aliphatic heterocycles. The summed E-state index contributed by atoms with van der Waals surface area (Å²) in [5.41, 5.74) is 7.42. The minimum Gasteiger partial charge on any atom is -0.324 e. The van der Waals surface area contributed by atoms with Crippen LogP contribution in [0.3, 0.4) is 0 Å². The number of benzene rings is 2. The second-order valence-electron chi connectivity index (χ2n) is 4.85. The standard InChI is InChI=1S/C17H13N3OS/c18-10-14-8-12-6-7-13(9-15(12)22-14)20-17(21)16(19)11-4-2-1-3-5-11/h1-9,16H,19H2,(H,20,21)/t16-/m1/s1. The molecule has 0 bridgehead atoms. The van der Waals surface area contributed by atoms with Crippen LogP contribution >= 0.6 is 11.3 Å². The number of thiophene rings is 1. The van der Waals surface area contributed by atoms with Gasteiger partial charge in [0, 0.05) is 10.4 Å². The lowest BCUT2D eigenvalue weighted by atomic mass is 10.1. The summed E-state index contributed by atoms with van der Waals surface area (Å²) < 4.78 is 0.961. The summed E-state index contributed by atoms with van der Waals surface area (Å²) in [6.07, 6.45) is 0. The smallest absolute Gasteiger partial charge is 0.245 e. The summed E-state index contributed by atoms with van der Waals surface area (Å²) in [6.45, 7) is 0. The Bertz CT molecular complexity index is 864. The Balaban J connectivity index is 1.80. The van der Waals surface area contributed by atoms with E-state index in [9.17, 15) is 4.79 Å². The number of amides is 1. The molecule has 0 aliphatic rings. The molecule has 5 heteroatoms. The van der Waals surface area contributed by atoms with Gasteiger partial charge >= 0.3 is 0 Å². The Kier molecular flexibility index (Phi) is 3.88. The van der Waals surface area contributed by atoms with Crippen LogP contribution in [-0.2, 0) is 4.79 Å². The van der Waals surface area contributed by atoms with Crippen molar-refractivity contribution in [3.8, 4) is 6.07 Å². The monoisotopic (exact) mass is 307 g/mol. The number of fused-ring (bicyclic) bond motifs is 1. The maximum absolute atomic E-state index is 12.2. The Morgan fingerprint density at radius 2 is 1.95 bits per heavy atom. The fourth-order valence-corrected chi connectivity index (χ4v) is 3.09. The average Bonchev–Trinajstić information content (AvgIpc) is 2.97. The van der Waals surface area contributed by atoms with Crippen molar-refractivity contribution in [2.75, 3.05) is 5.32 Å². The lowest BCUT2D eigenvalue weighted by Crippen LogP contribution is -2.27. The van der Waals surface area contributed by atoms with E-state index in [4.69, 9.17) is 11.0 Å². The Morgan fingerprint density at radius 1 is 1.18 bits per heavy atom. The molecule has 22 heavy (non-hydrogen) atoms. The topological polar surface area (TPSA) is 78.9 Å². The van der Waals surface area contributed by atoms with E-state index in [0.717, 1.165) is 15.6 Å². The molecule has 0 spiro atoms. The fourth-order valence-electron chi connectivity index (χ4n) is 2.20. The number of rotatable bonds is 3. The molecule has 108 valence electrons. The fraction of sp³-hybridized carbons (Fsp3) is 0.0588. The molecule has 0 radical (unpaired) electrons. The summed E-state index contributed by atoms with van der Waals surface area (Å²) in [5, 5.41) is 12.7. The van der Waals surface area contributed by atoms with Crippen LogP contribution in [0.4, 0.5) is 5.69 Å². The van der Waals surface area contributed by atoms with Crippen molar-refractivity contribution in [3.05, 3.63) is 65.0 Å². The predicted octanol–water partition coefficient (Wildman–Crippen LogP) is 3.41. The third-order valence-electron chi connectivity index (χ3n) is 3.34. The summed E-state index contributed by atoms with van der Waals surface area (Å²) in [5.74, 6) is -0.261. The lowest BCUT2D eigenvalue weighted by molar-refractivity contribution is -0.117. The van der Waals surface area contributed by atoms with Gasteiger partial charge in [-0.15, -0.1) is 11.3 Å². The predicted molar refractivity (Wildman–Crippen MR) is 88.5 cm³/mol. The van der Waals surface area contributed by atoms with Gasteiger partial charge in [0.1, 0.15) is 17.0 Å². The minimum absolute atomic E-state index is 0.261. The molecule has 0 unspecified atom stereocenters. The van der Waals surface area contributed by atoms with Crippen LogP contribution in [0.25, 0.3) is 10.1 Å². The number of carbonyl (C=O) groups is 1. The van der Waals surface area contributed by atoms with Gasteiger partial charge in [-0.3, -0.25) is 4.79 Å². The largest absolute Gasteiger partial charge is 0.324 e. The van der Waals surface area contributed by atoms with Gasteiger partial charge in [-0.05, 0) is 29.1 Å². The van der Waals surface area contributed by atoms with Gasteiger partial charge in [-0.25, -0.2) is 0 Å². The molecule has 1 atom stereocenters. The summed E-state index contributed by atoms with van der Waals surface area (Å²) in [7, 11) is 0. The van der Waals surface area contributed by atoms with Crippen molar-refractivity contribution >= 4 is 33.0 Å². The molecular formula is C17H13N3OS. The average molecular weight is 307 g/mol. The maximum atomic E-state index is 12.2. The van der Waals surface area contributed by atoms with Crippen molar-refractivity contribution < 1.29 is 4.79 Å². The van der Waals surface area contributed by atoms with Gasteiger partial charge in [0.05, 0.1) is 0 Å². The summed E-state index contributed by atoms with van der Waals surface area (Å²) >= 11 is 1.40. The number of carbonyl (C=O) groups excluding carboxylic acids is 1. The number of nitriles is 1. The Hall–Kier alpha value is -2.68. The van der Waals surface area contributed by atoms with Crippen LogP contribution in [0.5, 0.6) is 0 Å². The number of nitrogens with zero attached hydrogens (tertiary/aromatic N) is 1. The first-order valence-corrected chi connectivity index (χ1v) is 7.54. The van der Waals surface area contributed by atoms with E-state index in [1.165, 1.54) is 11.3 Å². The summed E-state index contributed by atoms with van der Waals surface area (Å²) in [6, 6.07) is 18.0. The van der Waals surface area contributed by atoms with Crippen molar-refractivity contribution in [2.45, 2.75) is 6.04 Å². The summed E-state index contributed by atoms with van der Waals surface area (Å²) in [4.78, 5) is 12.9. The number of nitrogens with two attached hydrogens (primary N) is 1. The van der Waals surface area contributed by atoms with Crippen molar-refractivity contribution in [3.63, 3.8) is 0 Å². The first-order valence-electron chi connectivity index (χ1n) is 6.72. The second-order valence-corrected chi connectivity index (χ2v) is 5.94. The van der Waals surface area contributed by atoms with Crippen LogP contribution in [-0.4, -0.2) is 5.91 Å². The Labute approximate surface area is 131 Å². The lowest BCUT2D eigenvalue weighted by Gasteiger charge is -2.12. The molecule has 0 saturated carbocycles. The van der Waals surface area contributed by atoms with Crippen LogP contribution in [0.2, 0.25) is 0 Å². The second kappa shape index (κ2) is 5.98. The molecule has 0 fully saturated rings. The van der Waals surface area contributed by atoms with Gasteiger partial charge in [0.25, 0.3) is 0 Å².